The third kappa shape index (κ3) is 3.38. The minimum atomic E-state index is -1.03. The number of benzene rings is 1. The number of imide groups is 1. The van der Waals surface area contributed by atoms with Crippen molar-refractivity contribution >= 4 is 23.7 Å². The molecule has 8 nitrogen and oxygen atoms in total. The Morgan fingerprint density at radius 2 is 2.20 bits per heavy atom. The molecule has 1 aromatic carbocycles. The summed E-state index contributed by atoms with van der Waals surface area (Å²) in [6, 6.07) is 4.71. The van der Waals surface area contributed by atoms with Crippen molar-refractivity contribution in [2.45, 2.75) is 32.2 Å². The minimum Gasteiger partial charge on any atom is -0.492 e. The molecular formula is C17H22N4O4. The van der Waals surface area contributed by atoms with Gasteiger partial charge in [0.25, 0.3) is 5.91 Å². The summed E-state index contributed by atoms with van der Waals surface area (Å²) in [7, 11) is 0. The first kappa shape index (κ1) is 17.1. The van der Waals surface area contributed by atoms with E-state index in [4.69, 9.17) is 4.74 Å². The summed E-state index contributed by atoms with van der Waals surface area (Å²) in [5, 5.41) is 7.75. The highest BCUT2D eigenvalue weighted by atomic mass is 16.5. The van der Waals surface area contributed by atoms with Crippen LogP contribution in [0.1, 0.15) is 25.3 Å². The molecule has 2 heterocycles. The lowest BCUT2D eigenvalue weighted by Gasteiger charge is -2.37. The molecule has 0 aliphatic carbocycles. The lowest BCUT2D eigenvalue weighted by molar-refractivity contribution is -0.125. The van der Waals surface area contributed by atoms with Gasteiger partial charge in [-0.05, 0) is 44.4 Å². The zero-order valence-electron chi connectivity index (χ0n) is 14.3. The van der Waals surface area contributed by atoms with Crippen LogP contribution in [0.2, 0.25) is 0 Å². The standard InChI is InChI=1S/C17H22N4O4/c1-3-25-13-9-11(2)5-6-12(13)18-16(24)21-8-4-7-17(10-21)14(22)19-15(23)20-17/h5-6,9H,3-4,7-8,10H2,1-2H3,(H,18,24)(H2,19,20,22,23). The van der Waals surface area contributed by atoms with Crippen LogP contribution in [0.4, 0.5) is 15.3 Å². The minimum absolute atomic E-state index is 0.145. The molecule has 2 aliphatic heterocycles. The van der Waals surface area contributed by atoms with Gasteiger partial charge < -0.3 is 20.3 Å². The van der Waals surface area contributed by atoms with Crippen LogP contribution in [0.25, 0.3) is 0 Å². The maximum Gasteiger partial charge on any atom is 0.322 e. The van der Waals surface area contributed by atoms with E-state index in [2.05, 4.69) is 16.0 Å². The van der Waals surface area contributed by atoms with E-state index in [0.29, 0.717) is 37.4 Å². The van der Waals surface area contributed by atoms with Gasteiger partial charge in [0.05, 0.1) is 18.8 Å². The van der Waals surface area contributed by atoms with E-state index in [1.165, 1.54) is 0 Å². The molecule has 2 fully saturated rings. The lowest BCUT2D eigenvalue weighted by Crippen LogP contribution is -2.60. The number of likely N-dealkylation sites (tertiary alicyclic amines) is 1. The molecule has 8 heteroatoms. The Labute approximate surface area is 145 Å². The Morgan fingerprint density at radius 1 is 1.40 bits per heavy atom. The first-order valence-electron chi connectivity index (χ1n) is 8.36. The van der Waals surface area contributed by atoms with Gasteiger partial charge in [-0.2, -0.15) is 0 Å². The van der Waals surface area contributed by atoms with E-state index in [1.54, 1.807) is 11.0 Å². The van der Waals surface area contributed by atoms with Crippen LogP contribution in [0.3, 0.4) is 0 Å². The Bertz CT molecular complexity index is 721. The molecular weight excluding hydrogens is 324 g/mol. The molecule has 0 bridgehead atoms. The van der Waals surface area contributed by atoms with Crippen LogP contribution in [0, 0.1) is 6.92 Å². The molecule has 1 aromatic rings. The molecule has 2 aliphatic rings. The molecule has 2 saturated heterocycles. The first-order chi connectivity index (χ1) is 11.9. The van der Waals surface area contributed by atoms with E-state index in [-0.39, 0.29) is 18.5 Å². The summed E-state index contributed by atoms with van der Waals surface area (Å²) in [4.78, 5) is 37.8. The first-order valence-corrected chi connectivity index (χ1v) is 8.36. The average Bonchev–Trinajstić information content (AvgIpc) is 2.83. The van der Waals surface area contributed by atoms with Crippen molar-refractivity contribution in [3.05, 3.63) is 23.8 Å². The third-order valence-corrected chi connectivity index (χ3v) is 4.47. The van der Waals surface area contributed by atoms with E-state index in [9.17, 15) is 14.4 Å². The molecule has 3 N–H and O–H groups in total. The van der Waals surface area contributed by atoms with Gasteiger partial charge in [0.15, 0.2) is 0 Å². The second-order valence-corrected chi connectivity index (χ2v) is 6.38. The Hall–Kier alpha value is -2.77. The summed E-state index contributed by atoms with van der Waals surface area (Å²) in [6.45, 7) is 4.98. The number of rotatable bonds is 3. The summed E-state index contributed by atoms with van der Waals surface area (Å²) in [5.41, 5.74) is 0.587. The van der Waals surface area contributed by atoms with Gasteiger partial charge in [-0.25, -0.2) is 9.59 Å². The Morgan fingerprint density at radius 3 is 2.88 bits per heavy atom. The van der Waals surface area contributed by atoms with Crippen molar-refractivity contribution in [1.29, 1.82) is 0 Å². The van der Waals surface area contributed by atoms with E-state index < -0.39 is 11.6 Å². The van der Waals surface area contributed by atoms with Crippen molar-refractivity contribution < 1.29 is 19.1 Å². The van der Waals surface area contributed by atoms with E-state index in [1.807, 2.05) is 26.0 Å². The number of nitrogens with one attached hydrogen (secondary N) is 3. The number of nitrogens with zero attached hydrogens (tertiary/aromatic N) is 1. The van der Waals surface area contributed by atoms with Gasteiger partial charge in [-0.3, -0.25) is 10.1 Å². The van der Waals surface area contributed by atoms with Gasteiger partial charge in [0, 0.05) is 6.54 Å². The quantitative estimate of drug-likeness (QED) is 0.724. The second-order valence-electron chi connectivity index (χ2n) is 6.38. The highest BCUT2D eigenvalue weighted by Crippen LogP contribution is 2.28. The predicted molar refractivity (Wildman–Crippen MR) is 91.6 cm³/mol. The summed E-state index contributed by atoms with van der Waals surface area (Å²) in [6.07, 6.45) is 1.15. The highest BCUT2D eigenvalue weighted by Gasteiger charge is 2.49. The fraction of sp³-hybridized carbons (Fsp3) is 0.471. The number of hydrogen-bond acceptors (Lipinski definition) is 4. The topological polar surface area (TPSA) is 99.8 Å². The number of carbonyl (C=O) groups is 3. The summed E-state index contributed by atoms with van der Waals surface area (Å²) < 4.78 is 5.58. The molecule has 134 valence electrons. The molecule has 3 rings (SSSR count). The number of anilines is 1. The summed E-state index contributed by atoms with van der Waals surface area (Å²) in [5.74, 6) is 0.231. The Kier molecular flexibility index (Phi) is 4.52. The number of urea groups is 2. The van der Waals surface area contributed by atoms with Crippen molar-refractivity contribution in [2.75, 3.05) is 25.0 Å². The SMILES string of the molecule is CCOc1cc(C)ccc1NC(=O)N1CCCC2(C1)NC(=O)NC2=O. The van der Waals surface area contributed by atoms with Gasteiger partial charge in [-0.15, -0.1) is 0 Å². The monoisotopic (exact) mass is 346 g/mol. The van der Waals surface area contributed by atoms with Crippen LogP contribution < -0.4 is 20.7 Å². The maximum absolute atomic E-state index is 12.7. The zero-order chi connectivity index (χ0) is 18.0. The van der Waals surface area contributed by atoms with Gasteiger partial charge >= 0.3 is 12.1 Å². The third-order valence-electron chi connectivity index (χ3n) is 4.47. The fourth-order valence-corrected chi connectivity index (χ4v) is 3.25. The van der Waals surface area contributed by atoms with Crippen LogP contribution in [-0.4, -0.2) is 48.1 Å². The maximum atomic E-state index is 12.7. The predicted octanol–water partition coefficient (Wildman–Crippen LogP) is 1.60. The Balaban J connectivity index is 1.73. The van der Waals surface area contributed by atoms with Crippen LogP contribution in [-0.2, 0) is 4.79 Å². The largest absolute Gasteiger partial charge is 0.492 e. The zero-order valence-corrected chi connectivity index (χ0v) is 14.3. The number of piperidine rings is 1. The van der Waals surface area contributed by atoms with Crippen molar-refractivity contribution in [3.63, 3.8) is 0 Å². The number of carbonyl (C=O) groups excluding carboxylic acids is 3. The fourth-order valence-electron chi connectivity index (χ4n) is 3.25. The van der Waals surface area contributed by atoms with Crippen LogP contribution in [0.5, 0.6) is 5.75 Å². The van der Waals surface area contributed by atoms with E-state index in [0.717, 1.165) is 5.56 Å². The van der Waals surface area contributed by atoms with Crippen molar-refractivity contribution in [3.8, 4) is 5.75 Å². The van der Waals surface area contributed by atoms with Gasteiger partial charge in [0.2, 0.25) is 0 Å². The smallest absolute Gasteiger partial charge is 0.322 e. The number of aryl methyl sites for hydroxylation is 1. The molecule has 0 aromatic heterocycles. The molecule has 1 unspecified atom stereocenters. The van der Waals surface area contributed by atoms with Gasteiger partial charge in [-0.1, -0.05) is 6.07 Å². The van der Waals surface area contributed by atoms with Crippen molar-refractivity contribution in [2.24, 2.45) is 0 Å². The number of ether oxygens (including phenoxy) is 1. The normalized spacial score (nSPS) is 22.6. The van der Waals surface area contributed by atoms with Crippen LogP contribution >= 0.6 is 0 Å². The molecule has 25 heavy (non-hydrogen) atoms. The van der Waals surface area contributed by atoms with Gasteiger partial charge in [0.1, 0.15) is 11.3 Å². The highest BCUT2D eigenvalue weighted by molar-refractivity contribution is 6.07. The van der Waals surface area contributed by atoms with E-state index >= 15 is 0 Å². The molecule has 5 amide bonds. The molecule has 0 radical (unpaired) electrons. The average molecular weight is 346 g/mol. The summed E-state index contributed by atoms with van der Waals surface area (Å²) >= 11 is 0. The molecule has 0 saturated carbocycles. The van der Waals surface area contributed by atoms with Crippen molar-refractivity contribution in [1.82, 2.24) is 15.5 Å². The second kappa shape index (κ2) is 6.62. The molecule has 1 atom stereocenters. The molecule has 1 spiro atoms. The lowest BCUT2D eigenvalue weighted by atomic mass is 9.89. The number of amides is 5. The number of hydrogen-bond donors (Lipinski definition) is 3. The van der Waals surface area contributed by atoms with Crippen LogP contribution in [0.15, 0.2) is 18.2 Å².